The van der Waals surface area contributed by atoms with Gasteiger partial charge in [0.05, 0.1) is 35.0 Å². The molecule has 4 aromatic rings. The summed E-state index contributed by atoms with van der Waals surface area (Å²) in [4.78, 5) is 3.47. The molecule has 2 N–H and O–H groups in total. The van der Waals surface area contributed by atoms with Gasteiger partial charge in [-0.1, -0.05) is 11.2 Å². The number of aliphatic hydroxyl groups is 1. The standard InChI is InChI=1S/C20H15F3N6O2/c1-11-15(10-31-28-11)19(30)26-18-14-6-12(7-24)2-4-16(14)29(27-18)9-13-3-5-17(25-8-13)20(21,22)23/h2-6,8,10,19,30H,9H2,1H3,(H,26,27). The summed E-state index contributed by atoms with van der Waals surface area (Å²) < 4.78 is 44.6. The van der Waals surface area contributed by atoms with E-state index in [1.165, 1.54) is 12.3 Å². The Bertz CT molecular complexity index is 1270. The number of rotatable bonds is 5. The van der Waals surface area contributed by atoms with Crippen molar-refractivity contribution in [3.05, 3.63) is 70.9 Å². The third-order valence-electron chi connectivity index (χ3n) is 4.68. The predicted molar refractivity (Wildman–Crippen MR) is 103 cm³/mol. The number of alkyl halides is 3. The Morgan fingerprint density at radius 3 is 2.71 bits per heavy atom. The maximum absolute atomic E-state index is 12.7. The van der Waals surface area contributed by atoms with Crippen LogP contribution in [0.25, 0.3) is 10.9 Å². The summed E-state index contributed by atoms with van der Waals surface area (Å²) in [5.41, 5.74) is 1.46. The fourth-order valence-electron chi connectivity index (χ4n) is 3.10. The molecule has 0 spiro atoms. The molecular formula is C20H15F3N6O2. The van der Waals surface area contributed by atoms with E-state index in [1.54, 1.807) is 29.8 Å². The van der Waals surface area contributed by atoms with E-state index in [4.69, 9.17) is 4.52 Å². The zero-order chi connectivity index (χ0) is 22.2. The summed E-state index contributed by atoms with van der Waals surface area (Å²) in [6, 6.07) is 9.18. The largest absolute Gasteiger partial charge is 0.433 e. The van der Waals surface area contributed by atoms with Crippen LogP contribution in [0.1, 0.15) is 34.3 Å². The van der Waals surface area contributed by atoms with E-state index in [1.807, 2.05) is 6.07 Å². The highest BCUT2D eigenvalue weighted by Crippen LogP contribution is 2.29. The summed E-state index contributed by atoms with van der Waals surface area (Å²) in [7, 11) is 0. The van der Waals surface area contributed by atoms with Crippen molar-refractivity contribution in [3.8, 4) is 6.07 Å². The van der Waals surface area contributed by atoms with Crippen LogP contribution >= 0.6 is 0 Å². The van der Waals surface area contributed by atoms with Crippen LogP contribution < -0.4 is 5.32 Å². The first-order valence-electron chi connectivity index (χ1n) is 9.04. The second-order valence-corrected chi connectivity index (χ2v) is 6.80. The number of fused-ring (bicyclic) bond motifs is 1. The molecule has 0 bridgehead atoms. The van der Waals surface area contributed by atoms with Gasteiger partial charge in [0, 0.05) is 11.6 Å². The Hall–Kier alpha value is -3.91. The SMILES string of the molecule is Cc1nocc1C(O)Nc1nn(Cc2ccc(C(F)(F)F)nc2)c2ccc(C#N)cc12. The van der Waals surface area contributed by atoms with Gasteiger partial charge in [0.15, 0.2) is 12.0 Å². The Labute approximate surface area is 173 Å². The maximum Gasteiger partial charge on any atom is 0.433 e. The summed E-state index contributed by atoms with van der Waals surface area (Å²) >= 11 is 0. The number of anilines is 1. The lowest BCUT2D eigenvalue weighted by molar-refractivity contribution is -0.141. The fraction of sp³-hybridized carbons (Fsp3) is 0.200. The Kier molecular flexibility index (Phi) is 5.08. The monoisotopic (exact) mass is 428 g/mol. The van der Waals surface area contributed by atoms with Crippen molar-refractivity contribution in [2.24, 2.45) is 0 Å². The Morgan fingerprint density at radius 1 is 1.29 bits per heavy atom. The van der Waals surface area contributed by atoms with Crippen molar-refractivity contribution in [2.75, 3.05) is 5.32 Å². The molecule has 0 saturated heterocycles. The van der Waals surface area contributed by atoms with E-state index in [9.17, 15) is 23.5 Å². The van der Waals surface area contributed by atoms with Crippen LogP contribution in [0.2, 0.25) is 0 Å². The van der Waals surface area contributed by atoms with Gasteiger partial charge in [-0.15, -0.1) is 0 Å². The van der Waals surface area contributed by atoms with Crippen molar-refractivity contribution >= 4 is 16.7 Å². The Balaban J connectivity index is 1.69. The highest BCUT2D eigenvalue weighted by Gasteiger charge is 2.32. The molecule has 1 unspecified atom stereocenters. The lowest BCUT2D eigenvalue weighted by atomic mass is 10.1. The minimum absolute atomic E-state index is 0.137. The molecule has 1 atom stereocenters. The quantitative estimate of drug-likeness (QED) is 0.465. The third-order valence-corrected chi connectivity index (χ3v) is 4.68. The molecule has 0 saturated carbocycles. The van der Waals surface area contributed by atoms with Crippen LogP contribution in [0.5, 0.6) is 0 Å². The average molecular weight is 428 g/mol. The van der Waals surface area contributed by atoms with E-state index in [2.05, 4.69) is 20.6 Å². The number of aryl methyl sites for hydroxylation is 1. The minimum atomic E-state index is -4.52. The summed E-state index contributed by atoms with van der Waals surface area (Å²) in [6.07, 6.45) is -3.24. The zero-order valence-electron chi connectivity index (χ0n) is 16.1. The number of halogens is 3. The first-order valence-corrected chi connectivity index (χ1v) is 9.04. The molecule has 0 aliphatic carbocycles. The van der Waals surface area contributed by atoms with Gasteiger partial charge in [0.2, 0.25) is 0 Å². The number of nitrogens with zero attached hydrogens (tertiary/aromatic N) is 5. The second kappa shape index (κ2) is 7.73. The van der Waals surface area contributed by atoms with Gasteiger partial charge in [-0.25, -0.2) is 0 Å². The van der Waals surface area contributed by atoms with Crippen molar-refractivity contribution in [2.45, 2.75) is 25.9 Å². The molecule has 3 heterocycles. The summed E-state index contributed by atoms with van der Waals surface area (Å²) in [6.45, 7) is 1.81. The van der Waals surface area contributed by atoms with Crippen LogP contribution in [0.4, 0.5) is 19.0 Å². The van der Waals surface area contributed by atoms with Gasteiger partial charge < -0.3 is 14.9 Å². The molecule has 0 amide bonds. The van der Waals surface area contributed by atoms with E-state index >= 15 is 0 Å². The third kappa shape index (κ3) is 4.06. The predicted octanol–water partition coefficient (Wildman–Crippen LogP) is 3.77. The molecule has 0 fully saturated rings. The van der Waals surface area contributed by atoms with E-state index in [0.717, 1.165) is 12.3 Å². The Morgan fingerprint density at radius 2 is 2.10 bits per heavy atom. The van der Waals surface area contributed by atoms with Gasteiger partial charge in [0.1, 0.15) is 12.0 Å². The smallest absolute Gasteiger partial charge is 0.369 e. The molecule has 158 valence electrons. The number of hydrogen-bond donors (Lipinski definition) is 2. The highest BCUT2D eigenvalue weighted by molar-refractivity contribution is 5.91. The van der Waals surface area contributed by atoms with Crippen molar-refractivity contribution in [1.29, 1.82) is 5.26 Å². The van der Waals surface area contributed by atoms with Gasteiger partial charge in [-0.3, -0.25) is 9.67 Å². The average Bonchev–Trinajstić information content (AvgIpc) is 3.31. The van der Waals surface area contributed by atoms with Crippen LogP contribution in [-0.2, 0) is 12.7 Å². The van der Waals surface area contributed by atoms with E-state index < -0.39 is 18.1 Å². The van der Waals surface area contributed by atoms with Gasteiger partial charge >= 0.3 is 6.18 Å². The van der Waals surface area contributed by atoms with Gasteiger partial charge in [-0.2, -0.15) is 23.5 Å². The molecule has 0 aliphatic rings. The zero-order valence-corrected chi connectivity index (χ0v) is 16.1. The molecule has 8 nitrogen and oxygen atoms in total. The van der Waals surface area contributed by atoms with E-state index in [0.29, 0.717) is 39.1 Å². The molecular weight excluding hydrogens is 413 g/mol. The highest BCUT2D eigenvalue weighted by atomic mass is 19.4. The lowest BCUT2D eigenvalue weighted by Gasteiger charge is -2.11. The lowest BCUT2D eigenvalue weighted by Crippen LogP contribution is -2.11. The number of aromatic nitrogens is 4. The number of nitrogens with one attached hydrogen (secondary N) is 1. The molecule has 31 heavy (non-hydrogen) atoms. The fourth-order valence-corrected chi connectivity index (χ4v) is 3.10. The first-order chi connectivity index (χ1) is 14.8. The van der Waals surface area contributed by atoms with Gasteiger partial charge in [0.25, 0.3) is 0 Å². The number of nitriles is 1. The minimum Gasteiger partial charge on any atom is -0.369 e. The molecule has 11 heteroatoms. The maximum atomic E-state index is 12.7. The molecule has 4 rings (SSSR count). The van der Waals surface area contributed by atoms with Crippen LogP contribution in [-0.4, -0.2) is 25.0 Å². The van der Waals surface area contributed by atoms with Crippen molar-refractivity contribution < 1.29 is 22.8 Å². The molecule has 3 aromatic heterocycles. The first kappa shape index (κ1) is 20.4. The van der Waals surface area contributed by atoms with Gasteiger partial charge in [-0.05, 0) is 36.8 Å². The number of pyridine rings is 1. The molecule has 1 aromatic carbocycles. The molecule has 0 radical (unpaired) electrons. The normalized spacial score (nSPS) is 12.6. The number of aliphatic hydroxyl groups excluding tert-OH is 1. The van der Waals surface area contributed by atoms with Crippen molar-refractivity contribution in [3.63, 3.8) is 0 Å². The van der Waals surface area contributed by atoms with Crippen LogP contribution in [0.3, 0.4) is 0 Å². The topological polar surface area (TPSA) is 113 Å². The summed E-state index contributed by atoms with van der Waals surface area (Å²) in [5, 5.41) is 31.3. The van der Waals surface area contributed by atoms with E-state index in [-0.39, 0.29) is 6.54 Å². The van der Waals surface area contributed by atoms with Crippen LogP contribution in [0.15, 0.2) is 47.3 Å². The molecule has 0 aliphatic heterocycles. The van der Waals surface area contributed by atoms with Crippen LogP contribution in [0, 0.1) is 18.3 Å². The second-order valence-electron chi connectivity index (χ2n) is 6.80. The number of hydrogen-bond acceptors (Lipinski definition) is 7. The van der Waals surface area contributed by atoms with Crippen molar-refractivity contribution in [1.82, 2.24) is 19.9 Å². The number of benzene rings is 1. The summed E-state index contributed by atoms with van der Waals surface area (Å²) in [5.74, 6) is 0.292.